The topological polar surface area (TPSA) is 21.3 Å². The van der Waals surface area contributed by atoms with E-state index in [1.165, 1.54) is 44.1 Å². The Labute approximate surface area is 180 Å². The average Bonchev–Trinajstić information content (AvgIpc) is 2.63. The number of para-hydroxylation sites is 1. The van der Waals surface area contributed by atoms with Gasteiger partial charge in [-0.2, -0.15) is 0 Å². The third-order valence-corrected chi connectivity index (χ3v) is 7.96. The Hall–Kier alpha value is -1.51. The van der Waals surface area contributed by atoms with Crippen LogP contribution in [0, 0.1) is 16.7 Å². The van der Waals surface area contributed by atoms with Crippen LogP contribution in [0.5, 0.6) is 5.75 Å². The summed E-state index contributed by atoms with van der Waals surface area (Å²) in [6.45, 7) is 6.44. The fourth-order valence-corrected chi connectivity index (χ4v) is 7.68. The Morgan fingerprint density at radius 1 is 0.897 bits per heavy atom. The minimum absolute atomic E-state index is 0.304. The van der Waals surface area contributed by atoms with Crippen LogP contribution in [0.25, 0.3) is 0 Å². The van der Waals surface area contributed by atoms with Gasteiger partial charge in [-0.05, 0) is 67.4 Å². The molecule has 29 heavy (non-hydrogen) atoms. The molecule has 0 aromatic heterocycles. The fraction of sp³-hybridized carbons (Fsp3) is 0.538. The molecule has 2 aromatic rings. The number of hydrogen-bond donors (Lipinski definition) is 1. The summed E-state index contributed by atoms with van der Waals surface area (Å²) < 4.78 is 6.19. The first-order valence-corrected chi connectivity index (χ1v) is 11.4. The van der Waals surface area contributed by atoms with Gasteiger partial charge in [0.2, 0.25) is 0 Å². The standard InChI is InChI=1S/C26H32ClNO/c1-24-11-19-12-25(2,16-24)18-26(13-19,17-24)28-14-20-7-4-6-10-23(20)29-15-21-8-3-5-9-22(21)27/h3-10,19,28H,11-18H2,1-2H3. The first kappa shape index (κ1) is 19.5. The molecule has 4 saturated carbocycles. The largest absolute Gasteiger partial charge is 0.489 e. The third kappa shape index (κ3) is 3.82. The molecule has 1 N–H and O–H groups in total. The van der Waals surface area contributed by atoms with Gasteiger partial charge in [-0.15, -0.1) is 0 Å². The minimum Gasteiger partial charge on any atom is -0.489 e. The Morgan fingerprint density at radius 3 is 2.24 bits per heavy atom. The molecule has 0 aliphatic heterocycles. The van der Waals surface area contributed by atoms with Crippen molar-refractivity contribution in [3.8, 4) is 5.75 Å². The highest BCUT2D eigenvalue weighted by atomic mass is 35.5. The van der Waals surface area contributed by atoms with Gasteiger partial charge in [-0.1, -0.05) is 61.8 Å². The monoisotopic (exact) mass is 409 g/mol. The summed E-state index contributed by atoms with van der Waals surface area (Å²) in [5, 5.41) is 4.80. The first-order valence-electron chi connectivity index (χ1n) is 11.1. The Kier molecular flexibility index (Phi) is 4.71. The number of rotatable bonds is 6. The lowest BCUT2D eigenvalue weighted by atomic mass is 9.43. The van der Waals surface area contributed by atoms with E-state index in [1.54, 1.807) is 0 Å². The molecular formula is C26H32ClNO. The smallest absolute Gasteiger partial charge is 0.124 e. The van der Waals surface area contributed by atoms with E-state index in [4.69, 9.17) is 16.3 Å². The van der Waals surface area contributed by atoms with Gasteiger partial charge in [-0.25, -0.2) is 0 Å². The van der Waals surface area contributed by atoms with Crippen LogP contribution in [0.15, 0.2) is 48.5 Å². The van der Waals surface area contributed by atoms with Crippen molar-refractivity contribution in [3.05, 3.63) is 64.7 Å². The van der Waals surface area contributed by atoms with E-state index < -0.39 is 0 Å². The molecular weight excluding hydrogens is 378 g/mol. The zero-order valence-corrected chi connectivity index (χ0v) is 18.4. The second kappa shape index (κ2) is 7.03. The SMILES string of the molecule is CC12CC3CC(C)(C1)CC(NCc1ccccc1OCc1ccccc1Cl)(C3)C2. The Bertz CT molecular complexity index is 891. The van der Waals surface area contributed by atoms with Gasteiger partial charge in [-0.3, -0.25) is 0 Å². The normalized spacial score (nSPS) is 35.1. The molecule has 6 rings (SSSR count). The number of halogens is 1. The molecule has 0 spiro atoms. The van der Waals surface area contributed by atoms with E-state index in [-0.39, 0.29) is 0 Å². The molecule has 4 aliphatic rings. The van der Waals surface area contributed by atoms with Crippen molar-refractivity contribution >= 4 is 11.6 Å². The number of ether oxygens (including phenoxy) is 1. The van der Waals surface area contributed by atoms with E-state index >= 15 is 0 Å². The summed E-state index contributed by atoms with van der Waals surface area (Å²) >= 11 is 6.30. The second-order valence-corrected chi connectivity index (χ2v) is 11.2. The molecule has 0 amide bonds. The van der Waals surface area contributed by atoms with Crippen molar-refractivity contribution in [1.82, 2.24) is 5.32 Å². The molecule has 2 unspecified atom stereocenters. The van der Waals surface area contributed by atoms with Gasteiger partial charge in [0.05, 0.1) is 0 Å². The number of nitrogens with one attached hydrogen (secondary N) is 1. The lowest BCUT2D eigenvalue weighted by Crippen LogP contribution is -2.63. The maximum absolute atomic E-state index is 6.30. The van der Waals surface area contributed by atoms with Crippen LogP contribution in [-0.2, 0) is 13.2 Å². The molecule has 2 aromatic carbocycles. The van der Waals surface area contributed by atoms with E-state index in [0.717, 1.165) is 28.8 Å². The molecule has 2 nitrogen and oxygen atoms in total. The molecule has 4 aliphatic carbocycles. The van der Waals surface area contributed by atoms with Crippen LogP contribution in [0.1, 0.15) is 63.5 Å². The number of hydrogen-bond acceptors (Lipinski definition) is 2. The van der Waals surface area contributed by atoms with Crippen LogP contribution in [-0.4, -0.2) is 5.54 Å². The van der Waals surface area contributed by atoms with Gasteiger partial charge in [0.15, 0.2) is 0 Å². The third-order valence-electron chi connectivity index (χ3n) is 7.59. The van der Waals surface area contributed by atoms with Crippen molar-refractivity contribution in [3.63, 3.8) is 0 Å². The molecule has 0 saturated heterocycles. The molecule has 0 radical (unpaired) electrons. The van der Waals surface area contributed by atoms with Crippen molar-refractivity contribution < 1.29 is 4.74 Å². The van der Waals surface area contributed by atoms with E-state index in [9.17, 15) is 0 Å². The molecule has 4 fully saturated rings. The van der Waals surface area contributed by atoms with Crippen molar-refractivity contribution in [1.29, 1.82) is 0 Å². The summed E-state index contributed by atoms with van der Waals surface area (Å²) in [4.78, 5) is 0. The highest BCUT2D eigenvalue weighted by molar-refractivity contribution is 6.31. The van der Waals surface area contributed by atoms with Gasteiger partial charge in [0.25, 0.3) is 0 Å². The van der Waals surface area contributed by atoms with Crippen LogP contribution < -0.4 is 10.1 Å². The van der Waals surface area contributed by atoms with Crippen LogP contribution in [0.3, 0.4) is 0 Å². The van der Waals surface area contributed by atoms with Crippen molar-refractivity contribution in [2.45, 2.75) is 71.1 Å². The quantitative estimate of drug-likeness (QED) is 0.569. The predicted molar refractivity (Wildman–Crippen MR) is 119 cm³/mol. The summed E-state index contributed by atoms with van der Waals surface area (Å²) in [6.07, 6.45) is 8.29. The lowest BCUT2D eigenvalue weighted by molar-refractivity contribution is -0.118. The van der Waals surface area contributed by atoms with Crippen molar-refractivity contribution in [2.24, 2.45) is 16.7 Å². The Morgan fingerprint density at radius 2 is 1.55 bits per heavy atom. The van der Waals surface area contributed by atoms with Crippen LogP contribution >= 0.6 is 11.6 Å². The number of benzene rings is 2. The fourth-order valence-electron chi connectivity index (χ4n) is 7.49. The molecule has 2 atom stereocenters. The van der Waals surface area contributed by atoms with Gasteiger partial charge >= 0.3 is 0 Å². The maximum atomic E-state index is 6.30. The molecule has 0 heterocycles. The Balaban J connectivity index is 1.30. The van der Waals surface area contributed by atoms with Gasteiger partial charge in [0, 0.05) is 28.2 Å². The summed E-state index contributed by atoms with van der Waals surface area (Å²) in [5.41, 5.74) is 3.63. The van der Waals surface area contributed by atoms with E-state index in [0.29, 0.717) is 23.0 Å². The minimum atomic E-state index is 0.304. The molecule has 154 valence electrons. The first-order chi connectivity index (χ1) is 13.9. The molecule has 4 bridgehead atoms. The van der Waals surface area contributed by atoms with Crippen LogP contribution in [0.2, 0.25) is 5.02 Å². The van der Waals surface area contributed by atoms with E-state index in [1.807, 2.05) is 24.3 Å². The zero-order valence-electron chi connectivity index (χ0n) is 17.6. The maximum Gasteiger partial charge on any atom is 0.124 e. The van der Waals surface area contributed by atoms with Gasteiger partial charge < -0.3 is 10.1 Å². The highest BCUT2D eigenvalue weighted by Gasteiger charge is 2.59. The highest BCUT2D eigenvalue weighted by Crippen LogP contribution is 2.66. The summed E-state index contributed by atoms with van der Waals surface area (Å²) in [5.74, 6) is 1.86. The van der Waals surface area contributed by atoms with Crippen molar-refractivity contribution in [2.75, 3.05) is 0 Å². The predicted octanol–water partition coefficient (Wildman–Crippen LogP) is 6.76. The lowest BCUT2D eigenvalue weighted by Gasteiger charge is -2.65. The van der Waals surface area contributed by atoms with E-state index in [2.05, 4.69) is 43.4 Å². The summed E-state index contributed by atoms with van der Waals surface area (Å²) in [7, 11) is 0. The van der Waals surface area contributed by atoms with Gasteiger partial charge in [0.1, 0.15) is 12.4 Å². The average molecular weight is 410 g/mol. The zero-order chi connectivity index (χ0) is 20.1. The summed E-state index contributed by atoms with van der Waals surface area (Å²) in [6, 6.07) is 16.3. The second-order valence-electron chi connectivity index (χ2n) is 10.8. The molecule has 3 heteroatoms. The van der Waals surface area contributed by atoms with Crippen LogP contribution in [0.4, 0.5) is 0 Å².